The molecule has 0 spiro atoms. The van der Waals surface area contributed by atoms with Gasteiger partial charge in [-0.25, -0.2) is 18.0 Å². The third kappa shape index (κ3) is 3.92. The molecule has 0 bridgehead atoms. The lowest BCUT2D eigenvalue weighted by molar-refractivity contribution is 0.244. The Morgan fingerprint density at radius 3 is 2.32 bits per heavy atom. The molecule has 0 saturated carbocycles. The van der Waals surface area contributed by atoms with Gasteiger partial charge in [0.05, 0.1) is 17.3 Å². The number of hydrogen-bond acceptors (Lipinski definition) is 4. The van der Waals surface area contributed by atoms with Crippen molar-refractivity contribution in [1.82, 2.24) is 15.5 Å². The Labute approximate surface area is 192 Å². The first-order valence-electron chi connectivity index (χ1n) is 10.3. The number of anilines is 1. The third-order valence-electron chi connectivity index (χ3n) is 5.49. The SMILES string of the molecule is CC1=C(c2nc(-c3cccc(F)c3)no2)C(c2cccc(F)c2)NC(=O)N1c1ccc(F)cc1. The number of nitrogens with one attached hydrogen (secondary N) is 1. The number of benzene rings is 3. The average molecular weight is 462 g/mol. The first kappa shape index (κ1) is 21.4. The van der Waals surface area contributed by atoms with Gasteiger partial charge in [0.2, 0.25) is 5.82 Å². The lowest BCUT2D eigenvalue weighted by Gasteiger charge is -2.35. The maximum Gasteiger partial charge on any atom is 0.326 e. The number of halogens is 3. The fourth-order valence-corrected chi connectivity index (χ4v) is 3.93. The molecule has 0 aliphatic carbocycles. The van der Waals surface area contributed by atoms with E-state index in [2.05, 4.69) is 15.5 Å². The Balaban J connectivity index is 1.66. The number of nitrogens with zero attached hydrogens (tertiary/aromatic N) is 3. The van der Waals surface area contributed by atoms with Crippen molar-refractivity contribution in [3.05, 3.63) is 107 Å². The van der Waals surface area contributed by atoms with Crippen LogP contribution in [0, 0.1) is 17.5 Å². The van der Waals surface area contributed by atoms with Crippen molar-refractivity contribution in [1.29, 1.82) is 0 Å². The van der Waals surface area contributed by atoms with Gasteiger partial charge in [-0.1, -0.05) is 29.4 Å². The number of allylic oxidation sites excluding steroid dienone is 1. The van der Waals surface area contributed by atoms with Gasteiger partial charge in [0.1, 0.15) is 17.5 Å². The van der Waals surface area contributed by atoms with Crippen molar-refractivity contribution in [3.8, 4) is 11.4 Å². The van der Waals surface area contributed by atoms with Gasteiger partial charge in [0.25, 0.3) is 5.89 Å². The number of urea groups is 1. The minimum absolute atomic E-state index is 0.0677. The van der Waals surface area contributed by atoms with Gasteiger partial charge in [-0.3, -0.25) is 4.90 Å². The zero-order valence-corrected chi connectivity index (χ0v) is 17.8. The number of amides is 2. The van der Waals surface area contributed by atoms with E-state index in [1.807, 2.05) is 0 Å². The molecule has 1 aliphatic rings. The number of carbonyl (C=O) groups is 1. The van der Waals surface area contributed by atoms with E-state index in [0.717, 1.165) is 0 Å². The molecular weight excluding hydrogens is 445 g/mol. The van der Waals surface area contributed by atoms with Crippen LogP contribution in [0.4, 0.5) is 23.7 Å². The highest BCUT2D eigenvalue weighted by molar-refractivity contribution is 6.01. The largest absolute Gasteiger partial charge is 0.334 e. The van der Waals surface area contributed by atoms with Gasteiger partial charge in [-0.2, -0.15) is 4.98 Å². The average Bonchev–Trinajstić information content (AvgIpc) is 3.30. The molecule has 4 aromatic rings. The molecular formula is C25H17F3N4O2. The number of carbonyl (C=O) groups excluding carboxylic acids is 1. The van der Waals surface area contributed by atoms with E-state index in [-0.39, 0.29) is 11.7 Å². The lowest BCUT2D eigenvalue weighted by atomic mass is 9.94. The van der Waals surface area contributed by atoms with Gasteiger partial charge < -0.3 is 9.84 Å². The van der Waals surface area contributed by atoms with Crippen LogP contribution in [-0.2, 0) is 0 Å². The number of rotatable bonds is 4. The quantitative estimate of drug-likeness (QED) is 0.413. The van der Waals surface area contributed by atoms with Gasteiger partial charge >= 0.3 is 6.03 Å². The zero-order valence-electron chi connectivity index (χ0n) is 17.8. The van der Waals surface area contributed by atoms with Crippen molar-refractivity contribution >= 4 is 17.3 Å². The van der Waals surface area contributed by atoms with E-state index in [0.29, 0.717) is 28.1 Å². The van der Waals surface area contributed by atoms with Crippen LogP contribution in [0.5, 0.6) is 0 Å². The molecule has 0 fully saturated rings. The van der Waals surface area contributed by atoms with Crippen molar-refractivity contribution in [3.63, 3.8) is 0 Å². The predicted octanol–water partition coefficient (Wildman–Crippen LogP) is 5.86. The summed E-state index contributed by atoms with van der Waals surface area (Å²) in [4.78, 5) is 18.9. The van der Waals surface area contributed by atoms with Gasteiger partial charge in [-0.05, 0) is 61.0 Å². The van der Waals surface area contributed by atoms with Crippen molar-refractivity contribution in [2.75, 3.05) is 4.90 Å². The predicted molar refractivity (Wildman–Crippen MR) is 119 cm³/mol. The van der Waals surface area contributed by atoms with E-state index in [1.165, 1.54) is 65.6 Å². The molecule has 1 aromatic heterocycles. The second kappa shape index (κ2) is 8.51. The van der Waals surface area contributed by atoms with Crippen LogP contribution in [0.15, 0.2) is 83.0 Å². The first-order valence-corrected chi connectivity index (χ1v) is 10.3. The smallest absolute Gasteiger partial charge is 0.326 e. The summed E-state index contributed by atoms with van der Waals surface area (Å²) < 4.78 is 46.7. The fourth-order valence-electron chi connectivity index (χ4n) is 3.93. The van der Waals surface area contributed by atoms with Crippen molar-refractivity contribution in [2.24, 2.45) is 0 Å². The highest BCUT2D eigenvalue weighted by Gasteiger charge is 2.36. The van der Waals surface area contributed by atoms with Gasteiger partial charge in [0.15, 0.2) is 0 Å². The Hall–Kier alpha value is -4.40. The monoisotopic (exact) mass is 462 g/mol. The van der Waals surface area contributed by atoms with Crippen LogP contribution in [0.1, 0.15) is 24.4 Å². The lowest BCUT2D eigenvalue weighted by Crippen LogP contribution is -2.46. The van der Waals surface area contributed by atoms with Crippen LogP contribution in [-0.4, -0.2) is 16.2 Å². The molecule has 2 heterocycles. The molecule has 6 nitrogen and oxygen atoms in total. The van der Waals surface area contributed by atoms with Gasteiger partial charge in [-0.15, -0.1) is 0 Å². The Morgan fingerprint density at radius 1 is 0.912 bits per heavy atom. The van der Waals surface area contributed by atoms with Crippen LogP contribution >= 0.6 is 0 Å². The molecule has 1 N–H and O–H groups in total. The van der Waals surface area contributed by atoms with E-state index >= 15 is 0 Å². The molecule has 2 amide bonds. The summed E-state index contributed by atoms with van der Waals surface area (Å²) in [5, 5.41) is 6.81. The zero-order chi connectivity index (χ0) is 23.8. The fraction of sp³-hybridized carbons (Fsp3) is 0.0800. The molecule has 170 valence electrons. The molecule has 1 aliphatic heterocycles. The summed E-state index contributed by atoms with van der Waals surface area (Å²) in [6.07, 6.45) is 0. The molecule has 3 aromatic carbocycles. The third-order valence-corrected chi connectivity index (χ3v) is 5.49. The number of aromatic nitrogens is 2. The maximum atomic E-state index is 14.0. The summed E-state index contributed by atoms with van der Waals surface area (Å²) >= 11 is 0. The maximum absolute atomic E-state index is 14.0. The molecule has 1 unspecified atom stereocenters. The molecule has 0 radical (unpaired) electrons. The highest BCUT2D eigenvalue weighted by Crippen LogP contribution is 2.39. The van der Waals surface area contributed by atoms with Crippen molar-refractivity contribution < 1.29 is 22.5 Å². The molecule has 34 heavy (non-hydrogen) atoms. The molecule has 0 saturated heterocycles. The van der Waals surface area contributed by atoms with E-state index in [1.54, 1.807) is 19.1 Å². The minimum Gasteiger partial charge on any atom is -0.334 e. The van der Waals surface area contributed by atoms with Gasteiger partial charge in [0, 0.05) is 11.3 Å². The van der Waals surface area contributed by atoms with Crippen LogP contribution in [0.2, 0.25) is 0 Å². The van der Waals surface area contributed by atoms with E-state index in [4.69, 9.17) is 4.52 Å². The van der Waals surface area contributed by atoms with E-state index < -0.39 is 29.5 Å². The Morgan fingerprint density at radius 2 is 1.62 bits per heavy atom. The summed E-state index contributed by atoms with van der Waals surface area (Å²) in [7, 11) is 0. The second-order valence-electron chi connectivity index (χ2n) is 7.68. The number of hydrogen-bond donors (Lipinski definition) is 1. The summed E-state index contributed by atoms with van der Waals surface area (Å²) in [5.74, 6) is -1.16. The minimum atomic E-state index is -0.805. The van der Waals surface area contributed by atoms with Crippen LogP contribution < -0.4 is 10.2 Å². The Kier molecular flexibility index (Phi) is 5.37. The van der Waals surface area contributed by atoms with Crippen LogP contribution in [0.25, 0.3) is 17.0 Å². The normalized spacial score (nSPS) is 16.1. The molecule has 5 rings (SSSR count). The Bertz CT molecular complexity index is 1420. The standard InChI is InChI=1S/C25H17F3N4O2/c1-14-21(24-30-23(31-34-24)16-5-3-7-19(28)13-16)22(15-4-2-6-18(27)12-15)29-25(33)32(14)20-10-8-17(26)9-11-20/h2-13,22H,1H3,(H,29,33). The second-order valence-corrected chi connectivity index (χ2v) is 7.68. The van der Waals surface area contributed by atoms with Crippen LogP contribution in [0.3, 0.4) is 0 Å². The molecule has 1 atom stereocenters. The summed E-state index contributed by atoms with van der Waals surface area (Å²) in [6.45, 7) is 1.68. The van der Waals surface area contributed by atoms with E-state index in [9.17, 15) is 18.0 Å². The summed E-state index contributed by atoms with van der Waals surface area (Å²) in [6, 6.07) is 15.6. The summed E-state index contributed by atoms with van der Waals surface area (Å²) in [5.41, 5.74) is 2.14. The molecule has 9 heteroatoms. The highest BCUT2D eigenvalue weighted by atomic mass is 19.1. The topological polar surface area (TPSA) is 71.3 Å². The first-order chi connectivity index (χ1) is 16.4. The van der Waals surface area contributed by atoms with Crippen molar-refractivity contribution in [2.45, 2.75) is 13.0 Å².